The van der Waals surface area contributed by atoms with Crippen molar-refractivity contribution >= 4 is 46.4 Å². The number of thioether (sulfide) groups is 1. The lowest BCUT2D eigenvalue weighted by atomic mass is 9.86. The molecule has 13 heteroatoms. The van der Waals surface area contributed by atoms with Gasteiger partial charge in [0.2, 0.25) is 0 Å². The second kappa shape index (κ2) is 14.1. The molecule has 254 valence electrons. The highest BCUT2D eigenvalue weighted by atomic mass is 32.2. The van der Waals surface area contributed by atoms with Crippen LogP contribution in [0.2, 0.25) is 0 Å². The number of ether oxygens (including phenoxy) is 2. The number of rotatable bonds is 11. The van der Waals surface area contributed by atoms with Crippen molar-refractivity contribution in [2.24, 2.45) is 5.92 Å². The molecule has 0 saturated carbocycles. The van der Waals surface area contributed by atoms with Crippen LogP contribution >= 0.6 is 11.8 Å². The number of H-pyrrole nitrogens is 1. The van der Waals surface area contributed by atoms with Gasteiger partial charge in [-0.25, -0.2) is 4.79 Å². The molecule has 0 aliphatic carbocycles. The monoisotopic (exact) mass is 684 g/mol. The standard InChI is InChI=1S/C36H36N4O8S/c1-36(39-33(42)35(45)46)30(34(43)44)26-14-15-40(19-21-8-10-24(47-2)11-9-21)29(31(26)49-36)18-37-32(41)28-17-23-16-25(12-13-27(23)38-28)48-20-22-6-4-3-5-7-22/h3-13,16-17,29-30,38H,14-15,18-20H2,1-2H3,(H,37,41)(H,39,42)(H,43,44)(H,45,46). The number of aliphatic carboxylic acids is 2. The van der Waals surface area contributed by atoms with Gasteiger partial charge in [-0.3, -0.25) is 19.3 Å². The molecular weight excluding hydrogens is 648 g/mol. The van der Waals surface area contributed by atoms with E-state index in [0.29, 0.717) is 53.8 Å². The van der Waals surface area contributed by atoms with E-state index in [1.807, 2.05) is 72.8 Å². The molecule has 3 unspecified atom stereocenters. The SMILES string of the molecule is COc1ccc(CN2CCC3=C(SC(C)(NC(=O)C(=O)O)C3C(=O)O)C2CNC(=O)c2cc3cc(OCc4ccccc4)ccc3[nH]2)cc1. The highest BCUT2D eigenvalue weighted by Gasteiger charge is 2.53. The van der Waals surface area contributed by atoms with Crippen LogP contribution in [0.15, 0.2) is 89.3 Å². The smallest absolute Gasteiger partial charge is 0.394 e. The number of amides is 2. The molecule has 0 bridgehead atoms. The summed E-state index contributed by atoms with van der Waals surface area (Å²) >= 11 is 1.13. The van der Waals surface area contributed by atoms with E-state index in [4.69, 9.17) is 9.47 Å². The zero-order chi connectivity index (χ0) is 34.7. The van der Waals surface area contributed by atoms with Gasteiger partial charge in [0.1, 0.15) is 34.6 Å². The Bertz CT molecular complexity index is 1930. The van der Waals surface area contributed by atoms with E-state index < -0.39 is 34.7 Å². The van der Waals surface area contributed by atoms with Crippen molar-refractivity contribution in [3.63, 3.8) is 0 Å². The zero-order valence-corrected chi connectivity index (χ0v) is 27.7. The largest absolute Gasteiger partial charge is 0.497 e. The number of hydrogen-bond acceptors (Lipinski definition) is 8. The van der Waals surface area contributed by atoms with Crippen molar-refractivity contribution in [1.29, 1.82) is 0 Å². The molecule has 5 N–H and O–H groups in total. The molecule has 0 saturated heterocycles. The van der Waals surface area contributed by atoms with Crippen LogP contribution in [-0.2, 0) is 27.5 Å². The van der Waals surface area contributed by atoms with Crippen molar-refractivity contribution < 1.29 is 38.9 Å². The number of methoxy groups -OCH3 is 1. The third kappa shape index (κ3) is 7.27. The minimum Gasteiger partial charge on any atom is -0.497 e. The molecule has 12 nitrogen and oxygen atoms in total. The summed E-state index contributed by atoms with van der Waals surface area (Å²) in [7, 11) is 1.59. The minimum atomic E-state index is -1.70. The number of carbonyl (C=O) groups is 4. The first-order valence-electron chi connectivity index (χ1n) is 15.7. The predicted molar refractivity (Wildman–Crippen MR) is 183 cm³/mol. The van der Waals surface area contributed by atoms with Gasteiger partial charge >= 0.3 is 17.8 Å². The maximum absolute atomic E-state index is 13.6. The summed E-state index contributed by atoms with van der Waals surface area (Å²) in [5.74, 6) is -4.26. The Morgan fingerprint density at radius 3 is 2.41 bits per heavy atom. The zero-order valence-electron chi connectivity index (χ0n) is 26.9. The fraction of sp³-hybridized carbons (Fsp3) is 0.278. The van der Waals surface area contributed by atoms with Crippen LogP contribution in [0.3, 0.4) is 0 Å². The fourth-order valence-corrected chi connectivity index (χ4v) is 8.13. The quantitative estimate of drug-likeness (QED) is 0.143. The number of hydrogen-bond donors (Lipinski definition) is 5. The van der Waals surface area contributed by atoms with Crippen molar-refractivity contribution in [3.05, 3.63) is 106 Å². The lowest BCUT2D eigenvalue weighted by molar-refractivity contribution is -0.151. The number of fused-ring (bicyclic) bond motifs is 1. The maximum Gasteiger partial charge on any atom is 0.394 e. The molecule has 6 rings (SSSR count). The Balaban J connectivity index is 1.23. The summed E-state index contributed by atoms with van der Waals surface area (Å²) in [6.45, 7) is 3.06. The van der Waals surface area contributed by atoms with Gasteiger partial charge in [-0.2, -0.15) is 0 Å². The molecule has 0 spiro atoms. The summed E-state index contributed by atoms with van der Waals surface area (Å²) in [6.07, 6.45) is 0.398. The Morgan fingerprint density at radius 1 is 0.980 bits per heavy atom. The topological polar surface area (TPSA) is 170 Å². The van der Waals surface area contributed by atoms with E-state index in [9.17, 15) is 29.4 Å². The van der Waals surface area contributed by atoms with Gasteiger partial charge in [-0.05, 0) is 66.4 Å². The minimum absolute atomic E-state index is 0.136. The normalized spacial score (nSPS) is 20.4. The molecule has 4 aromatic rings. The van der Waals surface area contributed by atoms with E-state index >= 15 is 0 Å². The molecule has 1 aromatic heterocycles. The Labute approximate surface area is 286 Å². The van der Waals surface area contributed by atoms with Crippen LogP contribution in [0.1, 0.15) is 35.0 Å². The number of aromatic amines is 1. The van der Waals surface area contributed by atoms with Crippen LogP contribution in [0.4, 0.5) is 0 Å². The van der Waals surface area contributed by atoms with E-state index in [-0.39, 0.29) is 12.5 Å². The molecule has 3 heterocycles. The molecule has 2 aliphatic heterocycles. The summed E-state index contributed by atoms with van der Waals surface area (Å²) in [6, 6.07) is 24.3. The Morgan fingerprint density at radius 2 is 1.71 bits per heavy atom. The molecule has 49 heavy (non-hydrogen) atoms. The third-order valence-corrected chi connectivity index (χ3v) is 10.4. The molecular formula is C36H36N4O8S. The van der Waals surface area contributed by atoms with Gasteiger partial charge in [0.25, 0.3) is 5.91 Å². The number of carboxylic acid groups (broad SMARTS) is 2. The van der Waals surface area contributed by atoms with Gasteiger partial charge in [0.05, 0.1) is 13.2 Å². The third-order valence-electron chi connectivity index (χ3n) is 8.84. The summed E-state index contributed by atoms with van der Waals surface area (Å²) in [5, 5.41) is 25.8. The van der Waals surface area contributed by atoms with Crippen molar-refractivity contribution in [2.75, 3.05) is 20.2 Å². The van der Waals surface area contributed by atoms with Crippen LogP contribution < -0.4 is 20.1 Å². The first kappa shape index (κ1) is 33.6. The first-order valence-corrected chi connectivity index (χ1v) is 16.5. The van der Waals surface area contributed by atoms with Crippen LogP contribution in [-0.4, -0.2) is 75.0 Å². The molecule has 0 fully saturated rings. The lowest BCUT2D eigenvalue weighted by Crippen LogP contribution is -2.52. The highest BCUT2D eigenvalue weighted by molar-refractivity contribution is 8.04. The number of nitrogens with one attached hydrogen (secondary N) is 3. The van der Waals surface area contributed by atoms with E-state index in [0.717, 1.165) is 33.8 Å². The lowest BCUT2D eigenvalue weighted by Gasteiger charge is -2.37. The Hall–Kier alpha value is -5.27. The van der Waals surface area contributed by atoms with Gasteiger partial charge < -0.3 is 35.3 Å². The Kier molecular flexibility index (Phi) is 9.65. The molecule has 2 aliphatic rings. The van der Waals surface area contributed by atoms with Crippen LogP contribution in [0.25, 0.3) is 10.9 Å². The number of carboxylic acids is 2. The second-order valence-electron chi connectivity index (χ2n) is 12.1. The maximum atomic E-state index is 13.6. The molecule has 0 radical (unpaired) electrons. The fourth-order valence-electron chi connectivity index (χ4n) is 6.45. The highest BCUT2D eigenvalue weighted by Crippen LogP contribution is 2.53. The number of nitrogens with zero attached hydrogens (tertiary/aromatic N) is 1. The number of carbonyl (C=O) groups excluding carboxylic acids is 2. The van der Waals surface area contributed by atoms with Crippen molar-refractivity contribution in [3.8, 4) is 11.5 Å². The van der Waals surface area contributed by atoms with Crippen molar-refractivity contribution in [2.45, 2.75) is 37.4 Å². The van der Waals surface area contributed by atoms with Gasteiger partial charge in [0.15, 0.2) is 0 Å². The van der Waals surface area contributed by atoms with Crippen LogP contribution in [0.5, 0.6) is 11.5 Å². The van der Waals surface area contributed by atoms with Crippen LogP contribution in [0, 0.1) is 5.92 Å². The number of aromatic nitrogens is 1. The first-order chi connectivity index (χ1) is 23.5. The van der Waals surface area contributed by atoms with E-state index in [1.54, 1.807) is 13.2 Å². The van der Waals surface area contributed by atoms with E-state index in [1.165, 1.54) is 6.92 Å². The summed E-state index contributed by atoms with van der Waals surface area (Å²) < 4.78 is 11.2. The van der Waals surface area contributed by atoms with Crippen molar-refractivity contribution in [1.82, 2.24) is 20.5 Å². The number of benzene rings is 3. The predicted octanol–water partition coefficient (Wildman–Crippen LogP) is 4.38. The van der Waals surface area contributed by atoms with Gasteiger partial charge in [-0.15, -0.1) is 0 Å². The molecule has 2 amide bonds. The average Bonchev–Trinajstić information content (AvgIpc) is 3.65. The molecule has 3 aromatic carbocycles. The summed E-state index contributed by atoms with van der Waals surface area (Å²) in [4.78, 5) is 54.4. The molecule has 3 atom stereocenters. The van der Waals surface area contributed by atoms with Gasteiger partial charge in [-0.1, -0.05) is 54.2 Å². The van der Waals surface area contributed by atoms with Gasteiger partial charge in [0, 0.05) is 35.4 Å². The average molecular weight is 685 g/mol. The second-order valence-corrected chi connectivity index (χ2v) is 13.6. The van der Waals surface area contributed by atoms with E-state index in [2.05, 4.69) is 20.5 Å². The summed E-state index contributed by atoms with van der Waals surface area (Å²) in [5.41, 5.74) is 3.76.